The Hall–Kier alpha value is -1.42. The van der Waals surface area contributed by atoms with Crippen LogP contribution in [-0.4, -0.2) is 38.1 Å². The number of aromatic nitrogens is 1. The Morgan fingerprint density at radius 2 is 2.12 bits per heavy atom. The predicted molar refractivity (Wildman–Crippen MR) is 115 cm³/mol. The van der Waals surface area contributed by atoms with Crippen LogP contribution in [-0.2, 0) is 13.0 Å². The van der Waals surface area contributed by atoms with Crippen molar-refractivity contribution in [3.05, 3.63) is 46.7 Å². The first kappa shape index (κ1) is 21.6. The quantitative estimate of drug-likeness (QED) is 0.365. The Morgan fingerprint density at radius 3 is 2.76 bits per heavy atom. The molecule has 0 amide bonds. The summed E-state index contributed by atoms with van der Waals surface area (Å²) in [4.78, 5) is 11.1. The molecule has 0 atom stereocenters. The summed E-state index contributed by atoms with van der Waals surface area (Å²) >= 11 is 1.61. The zero-order valence-corrected chi connectivity index (χ0v) is 17.9. The molecule has 0 saturated heterocycles. The molecular weight excluding hydrogens is 452 g/mol. The summed E-state index contributed by atoms with van der Waals surface area (Å²) in [5, 5.41) is 9.48. The first-order valence-corrected chi connectivity index (χ1v) is 8.84. The highest BCUT2D eigenvalue weighted by Crippen LogP contribution is 2.18. The summed E-state index contributed by atoms with van der Waals surface area (Å²) in [6.07, 6.45) is 0.740. The van der Waals surface area contributed by atoms with E-state index in [0.29, 0.717) is 13.1 Å². The van der Waals surface area contributed by atoms with Crippen LogP contribution in [0.15, 0.2) is 34.6 Å². The first-order chi connectivity index (χ1) is 11.6. The molecule has 0 saturated carbocycles. The third-order valence-corrected chi connectivity index (χ3v) is 4.32. The minimum absolute atomic E-state index is 0. The van der Waals surface area contributed by atoms with Crippen LogP contribution in [0.1, 0.15) is 18.2 Å². The number of anilines is 1. The molecule has 0 fully saturated rings. The highest BCUT2D eigenvalue weighted by Gasteiger charge is 2.04. The fraction of sp³-hybridized carbons (Fsp3) is 0.412. The van der Waals surface area contributed by atoms with E-state index < -0.39 is 0 Å². The van der Waals surface area contributed by atoms with Crippen molar-refractivity contribution in [1.82, 2.24) is 15.6 Å². The van der Waals surface area contributed by atoms with Gasteiger partial charge in [-0.25, -0.2) is 14.4 Å². The highest BCUT2D eigenvalue weighted by atomic mass is 127. The van der Waals surface area contributed by atoms with E-state index in [1.54, 1.807) is 23.5 Å². The maximum Gasteiger partial charge on any atom is 0.191 e. The fourth-order valence-electron chi connectivity index (χ4n) is 2.09. The van der Waals surface area contributed by atoms with Crippen LogP contribution in [0, 0.1) is 5.82 Å². The number of nitrogens with one attached hydrogen (secondary N) is 2. The monoisotopic (exact) mass is 477 g/mol. The molecule has 25 heavy (non-hydrogen) atoms. The lowest BCUT2D eigenvalue weighted by atomic mass is 10.1. The van der Waals surface area contributed by atoms with E-state index >= 15 is 0 Å². The van der Waals surface area contributed by atoms with Gasteiger partial charge in [-0.1, -0.05) is 12.1 Å². The molecule has 0 bridgehead atoms. The van der Waals surface area contributed by atoms with Crippen LogP contribution in [0.5, 0.6) is 0 Å². The Bertz CT molecular complexity index is 675. The maximum atomic E-state index is 13.2. The normalized spacial score (nSPS) is 11.0. The molecule has 1 heterocycles. The third-order valence-electron chi connectivity index (χ3n) is 3.26. The molecule has 0 aliphatic rings. The molecule has 0 spiro atoms. The molecule has 0 aliphatic carbocycles. The topological polar surface area (TPSA) is 52.6 Å². The first-order valence-electron chi connectivity index (χ1n) is 7.97. The number of benzene rings is 1. The van der Waals surface area contributed by atoms with Crippen molar-refractivity contribution in [2.24, 2.45) is 4.99 Å². The number of guanidine groups is 1. The molecule has 0 radical (unpaired) electrons. The van der Waals surface area contributed by atoms with Crippen LogP contribution < -0.4 is 15.5 Å². The van der Waals surface area contributed by atoms with Gasteiger partial charge in [-0.3, -0.25) is 0 Å². The van der Waals surface area contributed by atoms with Gasteiger partial charge >= 0.3 is 0 Å². The molecule has 2 rings (SSSR count). The van der Waals surface area contributed by atoms with E-state index in [1.165, 1.54) is 6.07 Å². The molecule has 8 heteroatoms. The molecule has 1 aromatic heterocycles. The van der Waals surface area contributed by atoms with E-state index in [2.05, 4.69) is 20.6 Å². The summed E-state index contributed by atoms with van der Waals surface area (Å²) in [6.45, 7) is 4.03. The SMILES string of the molecule is CCNC(=NCc1csc(N(C)C)n1)NCCc1cccc(F)c1.I. The summed E-state index contributed by atoms with van der Waals surface area (Å²) < 4.78 is 13.2. The zero-order valence-electron chi connectivity index (χ0n) is 14.8. The molecule has 5 nitrogen and oxygen atoms in total. The largest absolute Gasteiger partial charge is 0.357 e. The highest BCUT2D eigenvalue weighted by molar-refractivity contribution is 14.0. The average Bonchev–Trinajstić information content (AvgIpc) is 3.02. The van der Waals surface area contributed by atoms with Gasteiger partial charge in [0.1, 0.15) is 5.82 Å². The third kappa shape index (κ3) is 7.55. The van der Waals surface area contributed by atoms with Crippen molar-refractivity contribution in [2.45, 2.75) is 19.9 Å². The van der Waals surface area contributed by atoms with E-state index in [0.717, 1.165) is 35.3 Å². The van der Waals surface area contributed by atoms with E-state index in [9.17, 15) is 4.39 Å². The van der Waals surface area contributed by atoms with Gasteiger partial charge in [0.25, 0.3) is 0 Å². The van der Waals surface area contributed by atoms with Gasteiger partial charge in [0.15, 0.2) is 11.1 Å². The van der Waals surface area contributed by atoms with Crippen LogP contribution in [0.25, 0.3) is 0 Å². The molecule has 0 unspecified atom stereocenters. The van der Waals surface area contributed by atoms with Crippen molar-refractivity contribution >= 4 is 46.4 Å². The summed E-state index contributed by atoms with van der Waals surface area (Å²) in [5.41, 5.74) is 1.92. The molecule has 2 aromatic rings. The van der Waals surface area contributed by atoms with Gasteiger partial charge in [0.2, 0.25) is 0 Å². The second kappa shape index (κ2) is 11.2. The van der Waals surface area contributed by atoms with Crippen molar-refractivity contribution in [1.29, 1.82) is 0 Å². The summed E-state index contributed by atoms with van der Waals surface area (Å²) in [7, 11) is 3.95. The number of hydrogen-bond acceptors (Lipinski definition) is 4. The van der Waals surface area contributed by atoms with E-state index in [-0.39, 0.29) is 29.8 Å². The van der Waals surface area contributed by atoms with Gasteiger partial charge in [0.05, 0.1) is 12.2 Å². The number of thiazole rings is 1. The van der Waals surface area contributed by atoms with Crippen molar-refractivity contribution in [3.8, 4) is 0 Å². The number of nitrogens with zero attached hydrogens (tertiary/aromatic N) is 3. The van der Waals surface area contributed by atoms with Gasteiger partial charge in [-0.05, 0) is 31.0 Å². The molecular formula is C17H25FIN5S. The minimum atomic E-state index is -0.201. The van der Waals surface area contributed by atoms with E-state index in [1.807, 2.05) is 37.4 Å². The van der Waals surface area contributed by atoms with Crippen LogP contribution in [0.4, 0.5) is 9.52 Å². The molecule has 0 aliphatic heterocycles. The smallest absolute Gasteiger partial charge is 0.191 e. The number of halogens is 2. The standard InChI is InChI=1S/C17H24FN5S.HI/c1-4-19-16(20-9-8-13-6-5-7-14(18)10-13)21-11-15-12-24-17(22-15)23(2)3;/h5-7,10,12H,4,8-9,11H2,1-3H3,(H2,19,20,21);1H. The van der Waals surface area contributed by atoms with Gasteiger partial charge < -0.3 is 15.5 Å². The average molecular weight is 477 g/mol. The van der Waals surface area contributed by atoms with Crippen LogP contribution in [0.2, 0.25) is 0 Å². The Morgan fingerprint density at radius 1 is 1.32 bits per heavy atom. The maximum absolute atomic E-state index is 13.2. The number of rotatable bonds is 7. The van der Waals surface area contributed by atoms with Gasteiger partial charge in [0, 0.05) is 32.6 Å². The van der Waals surface area contributed by atoms with Gasteiger partial charge in [-0.15, -0.1) is 35.3 Å². The lowest BCUT2D eigenvalue weighted by Crippen LogP contribution is -2.38. The lowest BCUT2D eigenvalue weighted by Gasteiger charge is -2.11. The van der Waals surface area contributed by atoms with Crippen LogP contribution in [0.3, 0.4) is 0 Å². The Balaban J connectivity index is 0.00000312. The fourth-order valence-corrected chi connectivity index (χ4v) is 2.84. The van der Waals surface area contributed by atoms with Crippen molar-refractivity contribution in [2.75, 3.05) is 32.1 Å². The van der Waals surface area contributed by atoms with Crippen molar-refractivity contribution < 1.29 is 4.39 Å². The molecule has 2 N–H and O–H groups in total. The Kier molecular flexibility index (Phi) is 9.73. The second-order valence-corrected chi connectivity index (χ2v) is 6.35. The second-order valence-electron chi connectivity index (χ2n) is 5.52. The predicted octanol–water partition coefficient (Wildman–Crippen LogP) is 3.26. The van der Waals surface area contributed by atoms with Gasteiger partial charge in [-0.2, -0.15) is 0 Å². The Labute approximate surface area is 169 Å². The number of aliphatic imine (C=N–C) groups is 1. The lowest BCUT2D eigenvalue weighted by molar-refractivity contribution is 0.625. The summed E-state index contributed by atoms with van der Waals surface area (Å²) in [6, 6.07) is 6.67. The molecule has 1 aromatic carbocycles. The van der Waals surface area contributed by atoms with E-state index in [4.69, 9.17) is 0 Å². The summed E-state index contributed by atoms with van der Waals surface area (Å²) in [5.74, 6) is 0.543. The van der Waals surface area contributed by atoms with Crippen molar-refractivity contribution in [3.63, 3.8) is 0 Å². The minimum Gasteiger partial charge on any atom is -0.357 e. The zero-order chi connectivity index (χ0) is 17.4. The van der Waals surface area contributed by atoms with Crippen LogP contribution >= 0.6 is 35.3 Å². The molecule has 138 valence electrons. The number of hydrogen-bond donors (Lipinski definition) is 2.